The van der Waals surface area contributed by atoms with Gasteiger partial charge in [0.25, 0.3) is 0 Å². The predicted octanol–water partition coefficient (Wildman–Crippen LogP) is 3.99. The lowest BCUT2D eigenvalue weighted by atomic mass is 10.1. The van der Waals surface area contributed by atoms with Gasteiger partial charge in [0.1, 0.15) is 0 Å². The molecule has 2 aromatic heterocycles. The summed E-state index contributed by atoms with van der Waals surface area (Å²) in [4.78, 5) is 4.30. The molecule has 6 nitrogen and oxygen atoms in total. The van der Waals surface area contributed by atoms with Crippen LogP contribution in [-0.2, 0) is 0 Å². The van der Waals surface area contributed by atoms with Gasteiger partial charge in [-0.05, 0) is 30.9 Å². The summed E-state index contributed by atoms with van der Waals surface area (Å²) in [5.41, 5.74) is 3.59. The zero-order valence-electron chi connectivity index (χ0n) is 13.2. The van der Waals surface area contributed by atoms with E-state index in [-0.39, 0.29) is 0 Å². The minimum Gasteiger partial charge on any atom is -0.282 e. The third-order valence-corrected chi connectivity index (χ3v) is 6.61. The van der Waals surface area contributed by atoms with Crippen molar-refractivity contribution in [2.75, 3.05) is 22.9 Å². The molecule has 8 heteroatoms. The summed E-state index contributed by atoms with van der Waals surface area (Å²) in [5.74, 6) is 0.426. The summed E-state index contributed by atoms with van der Waals surface area (Å²) in [6.07, 6.45) is 4.52. The SMILES string of the molecule is CSc1ncc2ccc(-c3ccccc3N3CCCS3(O)O)n2n1. The molecule has 1 saturated heterocycles. The highest BCUT2D eigenvalue weighted by atomic mass is 32.3. The molecular weight excluding hydrogens is 344 g/mol. The monoisotopic (exact) mass is 362 g/mol. The number of benzene rings is 1. The highest BCUT2D eigenvalue weighted by Gasteiger charge is 2.31. The predicted molar refractivity (Wildman–Crippen MR) is 99.9 cm³/mol. The normalized spacial score (nSPS) is 18.2. The fourth-order valence-electron chi connectivity index (χ4n) is 3.03. The van der Waals surface area contributed by atoms with Gasteiger partial charge in [0.2, 0.25) is 5.16 Å². The van der Waals surface area contributed by atoms with Crippen molar-refractivity contribution in [3.63, 3.8) is 0 Å². The van der Waals surface area contributed by atoms with Gasteiger partial charge in [0.05, 0.1) is 28.8 Å². The van der Waals surface area contributed by atoms with Gasteiger partial charge in [0.15, 0.2) is 0 Å². The van der Waals surface area contributed by atoms with Crippen molar-refractivity contribution in [1.29, 1.82) is 0 Å². The molecule has 1 aliphatic rings. The number of hydrogen-bond donors (Lipinski definition) is 2. The Kier molecular flexibility index (Phi) is 3.92. The maximum atomic E-state index is 10.4. The minimum absolute atomic E-state index is 0.426. The van der Waals surface area contributed by atoms with Gasteiger partial charge in [-0.15, -0.1) is 15.9 Å². The summed E-state index contributed by atoms with van der Waals surface area (Å²) < 4.78 is 24.3. The van der Waals surface area contributed by atoms with Crippen molar-refractivity contribution in [1.82, 2.24) is 14.6 Å². The van der Waals surface area contributed by atoms with Crippen molar-refractivity contribution >= 4 is 33.7 Å². The van der Waals surface area contributed by atoms with Crippen LogP contribution >= 0.6 is 22.5 Å². The van der Waals surface area contributed by atoms with Crippen LogP contribution in [0.2, 0.25) is 0 Å². The summed E-state index contributed by atoms with van der Waals surface area (Å²) in [6.45, 7) is 0.647. The van der Waals surface area contributed by atoms with Crippen LogP contribution in [0.3, 0.4) is 0 Å². The molecule has 4 rings (SSSR count). The quantitative estimate of drug-likeness (QED) is 0.686. The van der Waals surface area contributed by atoms with Crippen LogP contribution in [-0.4, -0.2) is 42.3 Å². The van der Waals surface area contributed by atoms with E-state index >= 15 is 0 Å². The van der Waals surface area contributed by atoms with Crippen LogP contribution in [0.4, 0.5) is 5.69 Å². The first-order chi connectivity index (χ1) is 11.6. The lowest BCUT2D eigenvalue weighted by molar-refractivity contribution is 0.491. The Bertz CT molecular complexity index is 897. The number of nitrogens with zero attached hydrogens (tertiary/aromatic N) is 4. The molecule has 0 aliphatic carbocycles. The van der Waals surface area contributed by atoms with Crippen LogP contribution in [0.25, 0.3) is 16.8 Å². The first kappa shape index (κ1) is 15.8. The fraction of sp³-hybridized carbons (Fsp3) is 0.250. The molecule has 3 heterocycles. The number of thioether (sulfide) groups is 1. The molecule has 3 aromatic rings. The molecule has 1 aliphatic heterocycles. The van der Waals surface area contributed by atoms with Crippen molar-refractivity contribution < 1.29 is 9.11 Å². The molecule has 1 aromatic carbocycles. The maximum Gasteiger partial charge on any atom is 0.207 e. The van der Waals surface area contributed by atoms with Crippen LogP contribution in [0, 0.1) is 0 Å². The molecule has 0 saturated carbocycles. The average Bonchev–Trinajstić information content (AvgIpc) is 3.16. The van der Waals surface area contributed by atoms with Gasteiger partial charge in [-0.3, -0.25) is 13.4 Å². The molecule has 0 spiro atoms. The third kappa shape index (κ3) is 2.55. The second-order valence-corrected chi connectivity index (χ2v) is 8.50. The van der Waals surface area contributed by atoms with Crippen LogP contribution < -0.4 is 4.31 Å². The van der Waals surface area contributed by atoms with E-state index in [2.05, 4.69) is 10.1 Å². The number of para-hydroxylation sites is 1. The summed E-state index contributed by atoms with van der Waals surface area (Å²) in [6, 6.07) is 11.8. The lowest BCUT2D eigenvalue weighted by Crippen LogP contribution is -2.22. The third-order valence-electron chi connectivity index (χ3n) is 4.14. The van der Waals surface area contributed by atoms with Gasteiger partial charge in [-0.2, -0.15) is 0 Å². The van der Waals surface area contributed by atoms with Gasteiger partial charge in [-0.1, -0.05) is 30.0 Å². The highest BCUT2D eigenvalue weighted by molar-refractivity contribution is 8.25. The Morgan fingerprint density at radius 1 is 1.17 bits per heavy atom. The molecule has 1 fully saturated rings. The average molecular weight is 362 g/mol. The Morgan fingerprint density at radius 3 is 2.75 bits per heavy atom. The van der Waals surface area contributed by atoms with E-state index in [0.717, 1.165) is 28.9 Å². The zero-order valence-corrected chi connectivity index (χ0v) is 14.8. The van der Waals surface area contributed by atoms with Crippen molar-refractivity contribution in [2.24, 2.45) is 0 Å². The van der Waals surface area contributed by atoms with E-state index in [1.165, 1.54) is 11.8 Å². The Balaban J connectivity index is 1.89. The minimum atomic E-state index is -2.73. The Hall–Kier alpha value is -1.74. The summed E-state index contributed by atoms with van der Waals surface area (Å²) in [5, 5.41) is 5.26. The standard InChI is InChI=1S/C16H18N4O2S2/c1-23-16-17-11-12-7-8-15(20(12)18-16)13-5-2-3-6-14(13)19-9-4-10-24(19,21)22/h2-3,5-8,11,21-22H,4,9-10H2,1H3. The first-order valence-corrected chi connectivity index (χ1v) is 10.5. The molecule has 0 radical (unpaired) electrons. The van der Waals surface area contributed by atoms with Crippen LogP contribution in [0.1, 0.15) is 6.42 Å². The topological polar surface area (TPSA) is 73.9 Å². The van der Waals surface area contributed by atoms with E-state index < -0.39 is 10.8 Å². The molecule has 24 heavy (non-hydrogen) atoms. The number of anilines is 1. The van der Waals surface area contributed by atoms with Gasteiger partial charge >= 0.3 is 0 Å². The van der Waals surface area contributed by atoms with E-state index in [1.54, 1.807) is 10.5 Å². The number of aromatic nitrogens is 3. The second-order valence-electron chi connectivity index (χ2n) is 5.61. The zero-order chi connectivity index (χ0) is 16.7. The van der Waals surface area contributed by atoms with Crippen LogP contribution in [0.5, 0.6) is 0 Å². The van der Waals surface area contributed by atoms with Gasteiger partial charge < -0.3 is 0 Å². The van der Waals surface area contributed by atoms with E-state index in [1.807, 2.05) is 47.2 Å². The van der Waals surface area contributed by atoms with E-state index in [9.17, 15) is 9.11 Å². The van der Waals surface area contributed by atoms with Crippen molar-refractivity contribution in [2.45, 2.75) is 11.6 Å². The van der Waals surface area contributed by atoms with Gasteiger partial charge in [0, 0.05) is 12.1 Å². The molecule has 2 N–H and O–H groups in total. The molecule has 0 bridgehead atoms. The van der Waals surface area contributed by atoms with Crippen molar-refractivity contribution in [3.05, 3.63) is 42.6 Å². The molecular formula is C16H18N4O2S2. The number of fused-ring (bicyclic) bond motifs is 1. The van der Waals surface area contributed by atoms with Gasteiger partial charge in [-0.25, -0.2) is 9.50 Å². The molecule has 0 unspecified atom stereocenters. The molecule has 0 atom stereocenters. The fourth-order valence-corrected chi connectivity index (χ4v) is 4.98. The Morgan fingerprint density at radius 2 is 2.00 bits per heavy atom. The van der Waals surface area contributed by atoms with E-state index in [0.29, 0.717) is 17.5 Å². The largest absolute Gasteiger partial charge is 0.282 e. The highest BCUT2D eigenvalue weighted by Crippen LogP contribution is 2.52. The number of rotatable bonds is 3. The van der Waals surface area contributed by atoms with Crippen LogP contribution in [0.15, 0.2) is 47.8 Å². The molecule has 126 valence electrons. The lowest BCUT2D eigenvalue weighted by Gasteiger charge is -2.39. The van der Waals surface area contributed by atoms with E-state index in [4.69, 9.17) is 0 Å². The summed E-state index contributed by atoms with van der Waals surface area (Å²) in [7, 11) is -2.73. The van der Waals surface area contributed by atoms with Crippen molar-refractivity contribution in [3.8, 4) is 11.3 Å². The Labute approximate surface area is 146 Å². The smallest absolute Gasteiger partial charge is 0.207 e. The summed E-state index contributed by atoms with van der Waals surface area (Å²) >= 11 is 1.49. The number of hydrogen-bond acceptors (Lipinski definition) is 6. The molecule has 0 amide bonds. The first-order valence-electron chi connectivity index (χ1n) is 7.62. The maximum absolute atomic E-state index is 10.4. The second kappa shape index (κ2) is 5.96.